The van der Waals surface area contributed by atoms with Gasteiger partial charge in [0.15, 0.2) is 0 Å². The first-order valence-corrected chi connectivity index (χ1v) is 7.04. The lowest BCUT2D eigenvalue weighted by Crippen LogP contribution is -2.01. The number of fused-ring (bicyclic) bond motifs is 1. The van der Waals surface area contributed by atoms with Crippen LogP contribution in [0, 0.1) is 17.1 Å². The fourth-order valence-corrected chi connectivity index (χ4v) is 2.81. The quantitative estimate of drug-likeness (QED) is 0.766. The van der Waals surface area contributed by atoms with Crippen LogP contribution in [0.15, 0.2) is 47.8 Å². The van der Waals surface area contributed by atoms with Gasteiger partial charge in [-0.15, -0.1) is 11.3 Å². The van der Waals surface area contributed by atoms with E-state index in [1.54, 1.807) is 23.5 Å². The topological polar surface area (TPSA) is 35.8 Å². The van der Waals surface area contributed by atoms with Gasteiger partial charge in [0, 0.05) is 22.5 Å². The standard InChI is InChI=1S/C16H11FN2S/c17-15-7-11(9-18)1-2-13(15)10-19-14-3-4-16-12(8-14)5-6-20-16/h1-8,19H,10H2. The molecule has 3 rings (SSSR count). The Hall–Kier alpha value is -2.38. The predicted molar refractivity (Wildman–Crippen MR) is 80.3 cm³/mol. The molecule has 0 amide bonds. The summed E-state index contributed by atoms with van der Waals surface area (Å²) in [6, 6.07) is 14.6. The van der Waals surface area contributed by atoms with Crippen LogP contribution in [-0.2, 0) is 6.54 Å². The van der Waals surface area contributed by atoms with Crippen LogP contribution >= 0.6 is 11.3 Å². The zero-order valence-electron chi connectivity index (χ0n) is 10.6. The highest BCUT2D eigenvalue weighted by molar-refractivity contribution is 7.17. The lowest BCUT2D eigenvalue weighted by molar-refractivity contribution is 0.612. The lowest BCUT2D eigenvalue weighted by Gasteiger charge is -2.08. The van der Waals surface area contributed by atoms with Crippen molar-refractivity contribution in [2.45, 2.75) is 6.54 Å². The van der Waals surface area contributed by atoms with Gasteiger partial charge in [0.25, 0.3) is 0 Å². The van der Waals surface area contributed by atoms with E-state index in [1.807, 2.05) is 18.2 Å². The van der Waals surface area contributed by atoms with Crippen molar-refractivity contribution >= 4 is 27.1 Å². The second-order valence-electron chi connectivity index (χ2n) is 4.44. The largest absolute Gasteiger partial charge is 0.381 e. The molecular weight excluding hydrogens is 271 g/mol. The van der Waals surface area contributed by atoms with Gasteiger partial charge in [-0.05, 0) is 47.2 Å². The van der Waals surface area contributed by atoms with E-state index in [0.717, 1.165) is 5.69 Å². The Labute approximate surface area is 120 Å². The first-order chi connectivity index (χ1) is 9.76. The van der Waals surface area contributed by atoms with Gasteiger partial charge in [-0.25, -0.2) is 4.39 Å². The van der Waals surface area contributed by atoms with E-state index < -0.39 is 0 Å². The van der Waals surface area contributed by atoms with Gasteiger partial charge in [-0.3, -0.25) is 0 Å². The molecule has 2 nitrogen and oxygen atoms in total. The van der Waals surface area contributed by atoms with Crippen molar-refractivity contribution in [1.29, 1.82) is 5.26 Å². The highest BCUT2D eigenvalue weighted by atomic mass is 32.1. The van der Waals surface area contributed by atoms with Gasteiger partial charge in [0.2, 0.25) is 0 Å². The average molecular weight is 282 g/mol. The molecule has 20 heavy (non-hydrogen) atoms. The summed E-state index contributed by atoms with van der Waals surface area (Å²) in [6.07, 6.45) is 0. The Bertz CT molecular complexity index is 802. The fourth-order valence-electron chi connectivity index (χ4n) is 2.03. The molecule has 0 unspecified atom stereocenters. The monoisotopic (exact) mass is 282 g/mol. The second kappa shape index (κ2) is 5.32. The summed E-state index contributed by atoms with van der Waals surface area (Å²) in [7, 11) is 0. The SMILES string of the molecule is N#Cc1ccc(CNc2ccc3sccc3c2)c(F)c1. The van der Waals surface area contributed by atoms with Crippen molar-refractivity contribution in [2.24, 2.45) is 0 Å². The molecule has 2 aromatic carbocycles. The van der Waals surface area contributed by atoms with Gasteiger partial charge in [-0.1, -0.05) is 6.07 Å². The van der Waals surface area contributed by atoms with Crippen molar-refractivity contribution in [2.75, 3.05) is 5.32 Å². The molecule has 0 saturated carbocycles. The number of halogens is 1. The molecule has 98 valence electrons. The Morgan fingerprint density at radius 1 is 1.15 bits per heavy atom. The molecule has 4 heteroatoms. The van der Waals surface area contributed by atoms with E-state index in [0.29, 0.717) is 17.7 Å². The Balaban J connectivity index is 1.77. The van der Waals surface area contributed by atoms with Crippen LogP contribution in [-0.4, -0.2) is 0 Å². The molecular formula is C16H11FN2S. The summed E-state index contributed by atoms with van der Waals surface area (Å²) in [6.45, 7) is 0.396. The lowest BCUT2D eigenvalue weighted by atomic mass is 10.1. The summed E-state index contributed by atoms with van der Waals surface area (Å²) in [5, 5.41) is 15.1. The molecule has 1 aromatic heterocycles. The number of benzene rings is 2. The summed E-state index contributed by atoms with van der Waals surface area (Å²) in [5.41, 5.74) is 1.85. The molecule has 0 aliphatic carbocycles. The molecule has 0 fully saturated rings. The van der Waals surface area contributed by atoms with E-state index in [4.69, 9.17) is 5.26 Å². The summed E-state index contributed by atoms with van der Waals surface area (Å²) in [5.74, 6) is -0.354. The van der Waals surface area contributed by atoms with Gasteiger partial charge < -0.3 is 5.32 Å². The van der Waals surface area contributed by atoms with Crippen LogP contribution in [0.5, 0.6) is 0 Å². The van der Waals surface area contributed by atoms with E-state index >= 15 is 0 Å². The number of anilines is 1. The van der Waals surface area contributed by atoms with E-state index in [9.17, 15) is 4.39 Å². The minimum atomic E-state index is -0.354. The number of hydrogen-bond donors (Lipinski definition) is 1. The highest BCUT2D eigenvalue weighted by Crippen LogP contribution is 2.24. The molecule has 0 aliphatic heterocycles. The van der Waals surface area contributed by atoms with Crippen LogP contribution < -0.4 is 5.32 Å². The maximum absolute atomic E-state index is 13.8. The first-order valence-electron chi connectivity index (χ1n) is 6.16. The van der Waals surface area contributed by atoms with Crippen LogP contribution in [0.4, 0.5) is 10.1 Å². The number of thiophene rings is 1. The minimum Gasteiger partial charge on any atom is -0.381 e. The van der Waals surface area contributed by atoms with Crippen molar-refractivity contribution in [1.82, 2.24) is 0 Å². The van der Waals surface area contributed by atoms with Gasteiger partial charge >= 0.3 is 0 Å². The Morgan fingerprint density at radius 2 is 2.05 bits per heavy atom. The third-order valence-corrected chi connectivity index (χ3v) is 4.02. The number of nitriles is 1. The van der Waals surface area contributed by atoms with Crippen molar-refractivity contribution in [3.8, 4) is 6.07 Å². The summed E-state index contributed by atoms with van der Waals surface area (Å²) < 4.78 is 15.0. The fraction of sp³-hybridized carbons (Fsp3) is 0.0625. The van der Waals surface area contributed by atoms with E-state index in [-0.39, 0.29) is 5.82 Å². The number of nitrogens with zero attached hydrogens (tertiary/aromatic N) is 1. The van der Waals surface area contributed by atoms with Crippen LogP contribution in [0.2, 0.25) is 0 Å². The maximum Gasteiger partial charge on any atom is 0.129 e. The predicted octanol–water partition coefficient (Wildman–Crippen LogP) is 4.52. The highest BCUT2D eigenvalue weighted by Gasteiger charge is 2.04. The molecule has 0 saturated heterocycles. The van der Waals surface area contributed by atoms with E-state index in [1.165, 1.54) is 16.2 Å². The third kappa shape index (κ3) is 2.49. The Morgan fingerprint density at radius 3 is 2.85 bits per heavy atom. The van der Waals surface area contributed by atoms with Crippen molar-refractivity contribution < 1.29 is 4.39 Å². The van der Waals surface area contributed by atoms with Gasteiger partial charge in [0.05, 0.1) is 11.6 Å². The molecule has 0 bridgehead atoms. The molecule has 1 N–H and O–H groups in total. The normalized spacial score (nSPS) is 10.4. The minimum absolute atomic E-state index is 0.339. The number of hydrogen-bond acceptors (Lipinski definition) is 3. The first kappa shape index (κ1) is 12.6. The van der Waals surface area contributed by atoms with Crippen molar-refractivity contribution in [3.63, 3.8) is 0 Å². The molecule has 3 aromatic rings. The summed E-state index contributed by atoms with van der Waals surface area (Å²) in [4.78, 5) is 0. The molecule has 0 atom stereocenters. The zero-order chi connectivity index (χ0) is 13.9. The average Bonchev–Trinajstić information content (AvgIpc) is 2.93. The van der Waals surface area contributed by atoms with Gasteiger partial charge in [0.1, 0.15) is 5.82 Å². The zero-order valence-corrected chi connectivity index (χ0v) is 11.4. The second-order valence-corrected chi connectivity index (χ2v) is 5.39. The van der Waals surface area contributed by atoms with Gasteiger partial charge in [-0.2, -0.15) is 5.26 Å². The number of rotatable bonds is 3. The van der Waals surface area contributed by atoms with Crippen molar-refractivity contribution in [3.05, 3.63) is 64.8 Å². The maximum atomic E-state index is 13.8. The van der Waals surface area contributed by atoms with Crippen LogP contribution in [0.25, 0.3) is 10.1 Å². The van der Waals surface area contributed by atoms with Crippen LogP contribution in [0.3, 0.4) is 0 Å². The molecule has 0 radical (unpaired) electrons. The van der Waals surface area contributed by atoms with Crippen LogP contribution in [0.1, 0.15) is 11.1 Å². The molecule has 1 heterocycles. The summed E-state index contributed by atoms with van der Waals surface area (Å²) >= 11 is 1.70. The molecule has 0 aliphatic rings. The van der Waals surface area contributed by atoms with E-state index in [2.05, 4.69) is 22.8 Å². The Kier molecular flexibility index (Phi) is 3.36. The number of nitrogens with one attached hydrogen (secondary N) is 1. The molecule has 0 spiro atoms. The third-order valence-electron chi connectivity index (χ3n) is 3.12. The smallest absolute Gasteiger partial charge is 0.129 e.